The predicted molar refractivity (Wildman–Crippen MR) is 84.0 cm³/mol. The normalized spacial score (nSPS) is 11.4. The van der Waals surface area contributed by atoms with Crippen molar-refractivity contribution in [1.29, 1.82) is 0 Å². The van der Waals surface area contributed by atoms with Crippen LogP contribution in [0, 0.1) is 6.92 Å². The summed E-state index contributed by atoms with van der Waals surface area (Å²) in [5.74, 6) is 0. The van der Waals surface area contributed by atoms with Crippen LogP contribution in [0.4, 0.5) is 17.1 Å². The van der Waals surface area contributed by atoms with Crippen LogP contribution in [0.3, 0.4) is 0 Å². The van der Waals surface area contributed by atoms with Crippen molar-refractivity contribution in [2.75, 3.05) is 11.1 Å². The maximum atomic E-state index is 6.03. The van der Waals surface area contributed by atoms with Crippen molar-refractivity contribution in [3.8, 4) is 0 Å². The van der Waals surface area contributed by atoms with E-state index in [2.05, 4.69) is 57.3 Å². The van der Waals surface area contributed by atoms with Crippen molar-refractivity contribution in [1.82, 2.24) is 0 Å². The first kappa shape index (κ1) is 13.5. The molecule has 2 aromatic carbocycles. The molecule has 0 saturated carbocycles. The van der Waals surface area contributed by atoms with Crippen LogP contribution in [-0.4, -0.2) is 0 Å². The molecule has 2 aromatic rings. The second-order valence-electron chi connectivity index (χ2n) is 6.01. The van der Waals surface area contributed by atoms with Gasteiger partial charge >= 0.3 is 0 Å². The molecule has 0 heterocycles. The Labute approximate surface area is 115 Å². The Kier molecular flexibility index (Phi) is 3.52. The third kappa shape index (κ3) is 3.08. The fraction of sp³-hybridized carbons (Fsp3) is 0.294. The van der Waals surface area contributed by atoms with Crippen LogP contribution in [0.1, 0.15) is 31.9 Å². The monoisotopic (exact) mass is 254 g/mol. The Morgan fingerprint density at radius 1 is 0.947 bits per heavy atom. The van der Waals surface area contributed by atoms with Crippen LogP contribution in [0.2, 0.25) is 0 Å². The van der Waals surface area contributed by atoms with Crippen molar-refractivity contribution in [3.63, 3.8) is 0 Å². The molecule has 0 radical (unpaired) electrons. The average molecular weight is 254 g/mol. The molecule has 19 heavy (non-hydrogen) atoms. The summed E-state index contributed by atoms with van der Waals surface area (Å²) in [7, 11) is 0. The quantitative estimate of drug-likeness (QED) is 0.767. The van der Waals surface area contributed by atoms with Crippen LogP contribution in [0.15, 0.2) is 42.5 Å². The number of benzene rings is 2. The lowest BCUT2D eigenvalue weighted by Gasteiger charge is -2.24. The van der Waals surface area contributed by atoms with E-state index in [4.69, 9.17) is 5.73 Å². The number of rotatable bonds is 2. The summed E-state index contributed by atoms with van der Waals surface area (Å²) in [6, 6.07) is 14.4. The molecule has 100 valence electrons. The number of nitrogens with two attached hydrogens (primary N) is 1. The topological polar surface area (TPSA) is 38.0 Å². The summed E-state index contributed by atoms with van der Waals surface area (Å²) in [5, 5.41) is 3.46. The molecule has 0 unspecified atom stereocenters. The summed E-state index contributed by atoms with van der Waals surface area (Å²) in [6.07, 6.45) is 0. The van der Waals surface area contributed by atoms with Crippen molar-refractivity contribution >= 4 is 17.1 Å². The number of nitrogen functional groups attached to an aromatic ring is 1. The Hall–Kier alpha value is -1.96. The van der Waals surface area contributed by atoms with Gasteiger partial charge in [0.2, 0.25) is 0 Å². The second-order valence-corrected chi connectivity index (χ2v) is 6.01. The third-order valence-electron chi connectivity index (χ3n) is 3.21. The van der Waals surface area contributed by atoms with Crippen molar-refractivity contribution < 1.29 is 0 Å². The van der Waals surface area contributed by atoms with E-state index in [1.165, 1.54) is 11.1 Å². The van der Waals surface area contributed by atoms with E-state index in [-0.39, 0.29) is 5.41 Å². The number of anilines is 3. The van der Waals surface area contributed by atoms with Gasteiger partial charge in [-0.15, -0.1) is 0 Å². The van der Waals surface area contributed by atoms with E-state index in [1.54, 1.807) is 0 Å². The van der Waals surface area contributed by atoms with Gasteiger partial charge in [0.25, 0.3) is 0 Å². The first-order valence-electron chi connectivity index (χ1n) is 6.60. The standard InChI is InChI=1S/C17H22N2/c1-12-9-10-14(18)16(11-12)19-15-8-6-5-7-13(15)17(2,3)4/h5-11,19H,18H2,1-4H3. The van der Waals surface area contributed by atoms with Gasteiger partial charge in [-0.1, -0.05) is 45.0 Å². The summed E-state index contributed by atoms with van der Waals surface area (Å²) in [5.41, 5.74) is 11.5. The minimum absolute atomic E-state index is 0.0994. The zero-order chi connectivity index (χ0) is 14.0. The van der Waals surface area contributed by atoms with E-state index in [1.807, 2.05) is 18.2 Å². The van der Waals surface area contributed by atoms with E-state index < -0.39 is 0 Å². The highest BCUT2D eigenvalue weighted by atomic mass is 14.9. The molecule has 3 N–H and O–H groups in total. The highest BCUT2D eigenvalue weighted by Crippen LogP contribution is 2.32. The largest absolute Gasteiger partial charge is 0.397 e. The Morgan fingerprint density at radius 2 is 1.63 bits per heavy atom. The summed E-state index contributed by atoms with van der Waals surface area (Å²) in [4.78, 5) is 0. The molecule has 0 aliphatic heterocycles. The van der Waals surface area contributed by atoms with Crippen LogP contribution in [-0.2, 0) is 5.41 Å². The molecule has 2 heteroatoms. The van der Waals surface area contributed by atoms with Gasteiger partial charge in [0.05, 0.1) is 11.4 Å². The van der Waals surface area contributed by atoms with Crippen molar-refractivity contribution in [2.24, 2.45) is 0 Å². The molecular weight excluding hydrogens is 232 g/mol. The predicted octanol–water partition coefficient (Wildman–Crippen LogP) is 4.62. The molecule has 0 saturated heterocycles. The highest BCUT2D eigenvalue weighted by Gasteiger charge is 2.17. The van der Waals surface area contributed by atoms with Gasteiger partial charge in [0.15, 0.2) is 0 Å². The van der Waals surface area contributed by atoms with Gasteiger partial charge < -0.3 is 11.1 Å². The molecule has 0 aliphatic carbocycles. The lowest BCUT2D eigenvalue weighted by atomic mass is 9.86. The third-order valence-corrected chi connectivity index (χ3v) is 3.21. The number of aryl methyl sites for hydroxylation is 1. The molecule has 0 aliphatic rings. The van der Waals surface area contributed by atoms with Crippen LogP contribution < -0.4 is 11.1 Å². The summed E-state index contributed by atoms with van der Waals surface area (Å²) < 4.78 is 0. The average Bonchev–Trinajstić information content (AvgIpc) is 2.33. The molecule has 0 spiro atoms. The molecule has 0 atom stereocenters. The Bertz CT molecular complexity index is 580. The summed E-state index contributed by atoms with van der Waals surface area (Å²) in [6.45, 7) is 8.72. The van der Waals surface area contributed by atoms with E-state index in [9.17, 15) is 0 Å². The summed E-state index contributed by atoms with van der Waals surface area (Å²) >= 11 is 0. The molecule has 2 rings (SSSR count). The second kappa shape index (κ2) is 4.96. The number of nitrogens with one attached hydrogen (secondary N) is 1. The Balaban J connectivity index is 2.41. The SMILES string of the molecule is Cc1ccc(N)c(Nc2ccccc2C(C)(C)C)c1. The van der Waals surface area contributed by atoms with Gasteiger partial charge in [0, 0.05) is 5.69 Å². The van der Waals surface area contributed by atoms with Gasteiger partial charge in [-0.25, -0.2) is 0 Å². The maximum absolute atomic E-state index is 6.03. The zero-order valence-corrected chi connectivity index (χ0v) is 12.1. The minimum Gasteiger partial charge on any atom is -0.397 e. The van der Waals surface area contributed by atoms with E-state index in [0.717, 1.165) is 17.1 Å². The molecule has 0 bridgehead atoms. The first-order valence-corrected chi connectivity index (χ1v) is 6.60. The molecule has 0 aromatic heterocycles. The lowest BCUT2D eigenvalue weighted by molar-refractivity contribution is 0.592. The van der Waals surface area contributed by atoms with Crippen molar-refractivity contribution in [2.45, 2.75) is 33.1 Å². The van der Waals surface area contributed by atoms with Gasteiger partial charge in [-0.05, 0) is 41.7 Å². The van der Waals surface area contributed by atoms with Gasteiger partial charge in [-0.3, -0.25) is 0 Å². The molecule has 0 amide bonds. The van der Waals surface area contributed by atoms with Crippen LogP contribution in [0.5, 0.6) is 0 Å². The number of hydrogen-bond acceptors (Lipinski definition) is 2. The zero-order valence-electron chi connectivity index (χ0n) is 12.1. The van der Waals surface area contributed by atoms with Crippen LogP contribution in [0.25, 0.3) is 0 Å². The number of hydrogen-bond donors (Lipinski definition) is 2. The lowest BCUT2D eigenvalue weighted by Crippen LogP contribution is -2.13. The first-order chi connectivity index (χ1) is 8.88. The fourth-order valence-corrected chi connectivity index (χ4v) is 2.17. The minimum atomic E-state index is 0.0994. The maximum Gasteiger partial charge on any atom is 0.0620 e. The van der Waals surface area contributed by atoms with E-state index >= 15 is 0 Å². The van der Waals surface area contributed by atoms with Crippen LogP contribution >= 0.6 is 0 Å². The molecule has 2 nitrogen and oxygen atoms in total. The highest BCUT2D eigenvalue weighted by molar-refractivity contribution is 5.75. The molecular formula is C17H22N2. The smallest absolute Gasteiger partial charge is 0.0620 e. The number of para-hydroxylation sites is 1. The fourth-order valence-electron chi connectivity index (χ4n) is 2.17. The van der Waals surface area contributed by atoms with Crippen molar-refractivity contribution in [3.05, 3.63) is 53.6 Å². The van der Waals surface area contributed by atoms with E-state index in [0.29, 0.717) is 0 Å². The van der Waals surface area contributed by atoms with Gasteiger partial charge in [-0.2, -0.15) is 0 Å². The molecule has 0 fully saturated rings. The van der Waals surface area contributed by atoms with Gasteiger partial charge in [0.1, 0.15) is 0 Å². The Morgan fingerprint density at radius 3 is 2.32 bits per heavy atom.